The highest BCUT2D eigenvalue weighted by atomic mass is 32.2. The Kier molecular flexibility index (Phi) is 6.77. The molecule has 114 valence electrons. The first kappa shape index (κ1) is 16.9. The summed E-state index contributed by atoms with van der Waals surface area (Å²) in [6, 6.07) is 0.655. The fourth-order valence-electron chi connectivity index (χ4n) is 2.39. The van der Waals surface area contributed by atoms with Crippen LogP contribution in [0, 0.1) is 17.8 Å². The largest absolute Gasteiger partial charge is 0.314 e. The summed E-state index contributed by atoms with van der Waals surface area (Å²) in [5, 5.41) is 3.34. The van der Waals surface area contributed by atoms with E-state index >= 15 is 0 Å². The molecule has 5 heteroatoms. The van der Waals surface area contributed by atoms with Crippen molar-refractivity contribution in [3.05, 3.63) is 0 Å². The minimum atomic E-state index is -3.11. The van der Waals surface area contributed by atoms with Crippen molar-refractivity contribution < 1.29 is 8.42 Å². The van der Waals surface area contributed by atoms with Gasteiger partial charge in [-0.2, -0.15) is 0 Å². The van der Waals surface area contributed by atoms with Crippen molar-refractivity contribution in [1.29, 1.82) is 0 Å². The molecule has 1 aliphatic carbocycles. The molecule has 0 amide bonds. The monoisotopic (exact) mass is 290 g/mol. The van der Waals surface area contributed by atoms with Crippen molar-refractivity contribution in [2.24, 2.45) is 17.8 Å². The second-order valence-electron chi connectivity index (χ2n) is 6.40. The zero-order chi connectivity index (χ0) is 14.5. The molecule has 0 unspecified atom stereocenters. The van der Waals surface area contributed by atoms with Gasteiger partial charge in [-0.05, 0) is 43.6 Å². The Labute approximate surface area is 118 Å². The summed E-state index contributed by atoms with van der Waals surface area (Å²) in [6.45, 7) is 9.98. The predicted molar refractivity (Wildman–Crippen MR) is 80.6 cm³/mol. The lowest BCUT2D eigenvalue weighted by Gasteiger charge is -2.25. The number of hydrogen-bond donors (Lipinski definition) is 2. The van der Waals surface area contributed by atoms with E-state index in [9.17, 15) is 8.42 Å². The van der Waals surface area contributed by atoms with Crippen LogP contribution in [0.15, 0.2) is 0 Å². The lowest BCUT2D eigenvalue weighted by Crippen LogP contribution is -2.35. The van der Waals surface area contributed by atoms with E-state index in [4.69, 9.17) is 0 Å². The molecule has 0 saturated heterocycles. The molecule has 0 aliphatic heterocycles. The minimum absolute atomic E-state index is 0.232. The van der Waals surface area contributed by atoms with E-state index < -0.39 is 10.0 Å². The van der Waals surface area contributed by atoms with Crippen molar-refractivity contribution in [2.75, 3.05) is 18.8 Å². The number of hydrogen-bond acceptors (Lipinski definition) is 3. The molecule has 1 aliphatic rings. The number of nitrogens with one attached hydrogen (secondary N) is 2. The maximum Gasteiger partial charge on any atom is 0.211 e. The standard InChI is InChI=1S/C14H30N2O2S/c1-11(2)14(12(3)4)10-16-19(17,18)9-5-8-15-13-6-7-13/h11-16H,5-10H2,1-4H3. The lowest BCUT2D eigenvalue weighted by molar-refractivity contribution is 0.289. The van der Waals surface area contributed by atoms with E-state index in [1.54, 1.807) is 0 Å². The first-order valence-corrected chi connectivity index (χ1v) is 9.17. The van der Waals surface area contributed by atoms with Gasteiger partial charge in [-0.3, -0.25) is 0 Å². The average Bonchev–Trinajstić information content (AvgIpc) is 3.07. The van der Waals surface area contributed by atoms with E-state index in [2.05, 4.69) is 37.7 Å². The van der Waals surface area contributed by atoms with Crippen LogP contribution in [0.4, 0.5) is 0 Å². The molecule has 19 heavy (non-hydrogen) atoms. The summed E-state index contributed by atoms with van der Waals surface area (Å²) in [6.07, 6.45) is 3.19. The smallest absolute Gasteiger partial charge is 0.211 e. The van der Waals surface area contributed by atoms with Gasteiger partial charge in [0.25, 0.3) is 0 Å². The predicted octanol–water partition coefficient (Wildman–Crippen LogP) is 1.98. The Morgan fingerprint density at radius 3 is 2.16 bits per heavy atom. The maximum absolute atomic E-state index is 11.9. The molecule has 0 atom stereocenters. The van der Waals surface area contributed by atoms with Gasteiger partial charge in [0, 0.05) is 12.6 Å². The summed E-state index contributed by atoms with van der Waals surface area (Å²) in [7, 11) is -3.11. The van der Waals surface area contributed by atoms with E-state index in [-0.39, 0.29) is 5.75 Å². The maximum atomic E-state index is 11.9. The Hall–Kier alpha value is -0.130. The molecule has 0 aromatic heterocycles. The molecule has 1 rings (SSSR count). The van der Waals surface area contributed by atoms with E-state index in [0.29, 0.717) is 36.8 Å². The minimum Gasteiger partial charge on any atom is -0.314 e. The number of sulfonamides is 1. The third kappa shape index (κ3) is 7.28. The molecule has 0 bridgehead atoms. The first-order valence-electron chi connectivity index (χ1n) is 7.52. The van der Waals surface area contributed by atoms with Crippen LogP contribution in [0.2, 0.25) is 0 Å². The van der Waals surface area contributed by atoms with Crippen LogP contribution in [-0.2, 0) is 10.0 Å². The summed E-state index contributed by atoms with van der Waals surface area (Å²) >= 11 is 0. The third-order valence-corrected chi connectivity index (χ3v) is 5.28. The van der Waals surface area contributed by atoms with Gasteiger partial charge in [0.2, 0.25) is 10.0 Å². The fraction of sp³-hybridized carbons (Fsp3) is 1.00. The lowest BCUT2D eigenvalue weighted by atomic mass is 9.86. The second kappa shape index (κ2) is 7.60. The van der Waals surface area contributed by atoms with Gasteiger partial charge in [-0.1, -0.05) is 27.7 Å². The molecule has 0 aromatic rings. The topological polar surface area (TPSA) is 58.2 Å². The van der Waals surface area contributed by atoms with Crippen LogP contribution in [-0.4, -0.2) is 33.3 Å². The van der Waals surface area contributed by atoms with Crippen molar-refractivity contribution in [3.8, 4) is 0 Å². The van der Waals surface area contributed by atoms with Crippen molar-refractivity contribution >= 4 is 10.0 Å². The molecule has 1 saturated carbocycles. The van der Waals surface area contributed by atoms with Crippen LogP contribution in [0.5, 0.6) is 0 Å². The van der Waals surface area contributed by atoms with Crippen LogP contribution in [0.3, 0.4) is 0 Å². The summed E-state index contributed by atoms with van der Waals surface area (Å²) in [5.74, 6) is 1.63. The summed E-state index contributed by atoms with van der Waals surface area (Å²) < 4.78 is 26.6. The van der Waals surface area contributed by atoms with E-state index in [0.717, 1.165) is 6.54 Å². The van der Waals surface area contributed by atoms with Crippen molar-refractivity contribution in [2.45, 2.75) is 53.0 Å². The molecular formula is C14H30N2O2S. The zero-order valence-electron chi connectivity index (χ0n) is 12.8. The second-order valence-corrected chi connectivity index (χ2v) is 8.33. The SMILES string of the molecule is CC(C)C(CNS(=O)(=O)CCCNC1CC1)C(C)C. The normalized spacial score (nSPS) is 16.8. The zero-order valence-corrected chi connectivity index (χ0v) is 13.6. The molecular weight excluding hydrogens is 260 g/mol. The van der Waals surface area contributed by atoms with Crippen molar-refractivity contribution in [3.63, 3.8) is 0 Å². The van der Waals surface area contributed by atoms with Crippen molar-refractivity contribution in [1.82, 2.24) is 10.0 Å². The van der Waals surface area contributed by atoms with Crippen LogP contribution in [0.1, 0.15) is 47.0 Å². The molecule has 0 radical (unpaired) electrons. The van der Waals surface area contributed by atoms with E-state index in [1.807, 2.05) is 0 Å². The Bertz CT molecular complexity index is 340. The Balaban J connectivity index is 2.23. The van der Waals surface area contributed by atoms with Gasteiger partial charge in [0.1, 0.15) is 0 Å². The number of rotatable bonds is 10. The first-order chi connectivity index (χ1) is 8.82. The van der Waals surface area contributed by atoms with Crippen LogP contribution >= 0.6 is 0 Å². The summed E-state index contributed by atoms with van der Waals surface area (Å²) in [5.41, 5.74) is 0. The summed E-state index contributed by atoms with van der Waals surface area (Å²) in [4.78, 5) is 0. The van der Waals surface area contributed by atoms with Gasteiger partial charge < -0.3 is 5.32 Å². The van der Waals surface area contributed by atoms with Gasteiger partial charge in [-0.15, -0.1) is 0 Å². The molecule has 0 heterocycles. The highest BCUT2D eigenvalue weighted by molar-refractivity contribution is 7.89. The van der Waals surface area contributed by atoms with Crippen LogP contribution in [0.25, 0.3) is 0 Å². The Morgan fingerprint density at radius 2 is 1.68 bits per heavy atom. The molecule has 1 fully saturated rings. The molecule has 2 N–H and O–H groups in total. The van der Waals surface area contributed by atoms with Crippen LogP contribution < -0.4 is 10.0 Å². The quantitative estimate of drug-likeness (QED) is 0.605. The average molecular weight is 290 g/mol. The molecule has 0 aromatic carbocycles. The molecule has 0 spiro atoms. The third-order valence-electron chi connectivity index (χ3n) is 3.85. The van der Waals surface area contributed by atoms with E-state index in [1.165, 1.54) is 12.8 Å². The Morgan fingerprint density at radius 1 is 1.11 bits per heavy atom. The fourth-order valence-corrected chi connectivity index (χ4v) is 3.51. The highest BCUT2D eigenvalue weighted by Crippen LogP contribution is 2.20. The van der Waals surface area contributed by atoms with Gasteiger partial charge in [0.15, 0.2) is 0 Å². The molecule has 4 nitrogen and oxygen atoms in total. The van der Waals surface area contributed by atoms with Gasteiger partial charge in [0.05, 0.1) is 5.75 Å². The highest BCUT2D eigenvalue weighted by Gasteiger charge is 2.21. The van der Waals surface area contributed by atoms with Gasteiger partial charge in [-0.25, -0.2) is 13.1 Å². The van der Waals surface area contributed by atoms with Gasteiger partial charge >= 0.3 is 0 Å².